The first-order valence-electron chi connectivity index (χ1n) is 9.85. The first-order chi connectivity index (χ1) is 15.3. The van der Waals surface area contributed by atoms with Gasteiger partial charge in [-0.05, 0) is 43.2 Å². The van der Waals surface area contributed by atoms with E-state index in [-0.39, 0.29) is 18.0 Å². The van der Waals surface area contributed by atoms with Crippen LogP contribution in [0.4, 0.5) is 17.2 Å². The van der Waals surface area contributed by atoms with Gasteiger partial charge in [0.05, 0.1) is 10.5 Å². The zero-order valence-electron chi connectivity index (χ0n) is 17.5. The van der Waals surface area contributed by atoms with E-state index in [9.17, 15) is 14.9 Å². The summed E-state index contributed by atoms with van der Waals surface area (Å²) in [6, 6.07) is 15.7. The normalized spacial score (nSPS) is 10.8. The molecular formula is C23H21N5O4. The van der Waals surface area contributed by atoms with Gasteiger partial charge in [-0.15, -0.1) is 0 Å². The molecule has 2 heterocycles. The van der Waals surface area contributed by atoms with Gasteiger partial charge in [-0.25, -0.2) is 4.98 Å². The summed E-state index contributed by atoms with van der Waals surface area (Å²) in [6.45, 7) is 3.62. The number of aromatic nitrogens is 2. The summed E-state index contributed by atoms with van der Waals surface area (Å²) in [5.41, 5.74) is 9.54. The van der Waals surface area contributed by atoms with E-state index in [4.69, 9.17) is 15.5 Å². The highest BCUT2D eigenvalue weighted by Crippen LogP contribution is 2.39. The van der Waals surface area contributed by atoms with Crippen molar-refractivity contribution in [3.05, 3.63) is 82.0 Å². The predicted octanol–water partition coefficient (Wildman–Crippen LogP) is 4.13. The van der Waals surface area contributed by atoms with Crippen LogP contribution in [-0.2, 0) is 4.79 Å². The van der Waals surface area contributed by atoms with Crippen LogP contribution in [0.3, 0.4) is 0 Å². The lowest BCUT2D eigenvalue weighted by molar-refractivity contribution is -0.384. The molecule has 9 nitrogen and oxygen atoms in total. The molecule has 3 N–H and O–H groups in total. The molecule has 0 aliphatic heterocycles. The number of nitro benzene ring substituents is 1. The van der Waals surface area contributed by atoms with Crippen molar-refractivity contribution < 1.29 is 14.5 Å². The topological polar surface area (TPSA) is 125 Å². The fourth-order valence-corrected chi connectivity index (χ4v) is 3.52. The molecule has 162 valence electrons. The van der Waals surface area contributed by atoms with Crippen molar-refractivity contribution in [2.45, 2.75) is 13.8 Å². The van der Waals surface area contributed by atoms with E-state index in [1.165, 1.54) is 18.2 Å². The number of anilines is 2. The Morgan fingerprint density at radius 2 is 1.91 bits per heavy atom. The first kappa shape index (κ1) is 20.9. The Kier molecular flexibility index (Phi) is 5.46. The minimum atomic E-state index is -0.654. The quantitative estimate of drug-likeness (QED) is 0.335. The third-order valence-corrected chi connectivity index (χ3v) is 5.05. The first-order valence-corrected chi connectivity index (χ1v) is 9.85. The molecule has 4 rings (SSSR count). The second-order valence-electron chi connectivity index (χ2n) is 7.32. The predicted molar refractivity (Wildman–Crippen MR) is 121 cm³/mol. The highest BCUT2D eigenvalue weighted by molar-refractivity contribution is 5.85. The molecule has 0 unspecified atom stereocenters. The monoisotopic (exact) mass is 431 g/mol. The van der Waals surface area contributed by atoms with Crippen LogP contribution < -0.4 is 15.8 Å². The van der Waals surface area contributed by atoms with Crippen molar-refractivity contribution in [3.8, 4) is 17.0 Å². The third-order valence-electron chi connectivity index (χ3n) is 5.05. The Morgan fingerprint density at radius 3 is 2.59 bits per heavy atom. The molecule has 1 amide bonds. The number of para-hydroxylation sites is 1. The largest absolute Gasteiger partial charge is 0.483 e. The van der Waals surface area contributed by atoms with Gasteiger partial charge in [0.1, 0.15) is 22.9 Å². The van der Waals surface area contributed by atoms with Crippen molar-refractivity contribution in [2.24, 2.45) is 5.73 Å². The molecule has 0 atom stereocenters. The molecular weight excluding hydrogens is 410 g/mol. The molecule has 0 saturated carbocycles. The zero-order valence-corrected chi connectivity index (χ0v) is 17.5. The molecule has 0 bridgehead atoms. The highest BCUT2D eigenvalue weighted by atomic mass is 16.6. The number of non-ortho nitro benzene ring substituents is 1. The number of carbonyl (C=O) groups excluding carboxylic acids is 1. The van der Waals surface area contributed by atoms with Crippen LogP contribution in [0.5, 0.6) is 5.75 Å². The van der Waals surface area contributed by atoms with E-state index < -0.39 is 10.8 Å². The number of hydrogen-bond donors (Lipinski definition) is 2. The molecule has 0 fully saturated rings. The van der Waals surface area contributed by atoms with E-state index in [0.717, 1.165) is 16.8 Å². The number of rotatable bonds is 7. The van der Waals surface area contributed by atoms with Crippen LogP contribution in [0.1, 0.15) is 11.1 Å². The minimum absolute atomic E-state index is 0.124. The molecule has 0 radical (unpaired) electrons. The van der Waals surface area contributed by atoms with Gasteiger partial charge in [-0.2, -0.15) is 0 Å². The maximum absolute atomic E-state index is 11.4. The van der Waals surface area contributed by atoms with Crippen molar-refractivity contribution in [1.82, 2.24) is 9.38 Å². The van der Waals surface area contributed by atoms with Gasteiger partial charge < -0.3 is 15.8 Å². The van der Waals surface area contributed by atoms with Gasteiger partial charge in [0.15, 0.2) is 6.61 Å². The van der Waals surface area contributed by atoms with Crippen molar-refractivity contribution in [3.63, 3.8) is 0 Å². The minimum Gasteiger partial charge on any atom is -0.483 e. The van der Waals surface area contributed by atoms with Gasteiger partial charge in [-0.1, -0.05) is 24.3 Å². The van der Waals surface area contributed by atoms with Crippen molar-refractivity contribution in [2.75, 3.05) is 11.9 Å². The Labute approximate surface area is 183 Å². The van der Waals surface area contributed by atoms with Crippen molar-refractivity contribution >= 4 is 28.7 Å². The number of benzene rings is 2. The van der Waals surface area contributed by atoms with Crippen molar-refractivity contribution in [1.29, 1.82) is 0 Å². The molecule has 4 aromatic rings. The summed E-state index contributed by atoms with van der Waals surface area (Å²) in [7, 11) is 0. The maximum atomic E-state index is 11.4. The van der Waals surface area contributed by atoms with Crippen LogP contribution in [-0.4, -0.2) is 26.8 Å². The molecule has 0 aliphatic rings. The molecule has 0 spiro atoms. The second kappa shape index (κ2) is 8.38. The molecule has 0 saturated heterocycles. The van der Waals surface area contributed by atoms with Gasteiger partial charge in [0.25, 0.3) is 11.6 Å². The van der Waals surface area contributed by atoms with E-state index in [2.05, 4.69) is 5.32 Å². The third kappa shape index (κ3) is 3.95. The number of primary amides is 1. The molecule has 9 heteroatoms. The number of amides is 1. The number of imidazole rings is 1. The number of nitro groups is 1. The summed E-state index contributed by atoms with van der Waals surface area (Å²) < 4.78 is 7.42. The standard InChI is InChI=1S/C23H21N5O4/c1-14-6-5-7-15(2)21(14)26-23-22(25-20-8-3-4-11-27(20)23)17-12-16(28(30)31)9-10-18(17)32-13-19(24)29/h3-12,26H,13H2,1-2H3,(H2,24,29). The van der Waals surface area contributed by atoms with Gasteiger partial charge in [0, 0.05) is 24.0 Å². The number of nitrogens with zero attached hydrogens (tertiary/aromatic N) is 3. The number of nitrogens with two attached hydrogens (primary N) is 1. The lowest BCUT2D eigenvalue weighted by Gasteiger charge is -2.15. The lowest BCUT2D eigenvalue weighted by atomic mass is 10.1. The van der Waals surface area contributed by atoms with Gasteiger partial charge in [0.2, 0.25) is 0 Å². The number of hydrogen-bond acceptors (Lipinski definition) is 6. The summed E-state index contributed by atoms with van der Waals surface area (Å²) in [5, 5.41) is 14.9. The number of ether oxygens (including phenoxy) is 1. The lowest BCUT2D eigenvalue weighted by Crippen LogP contribution is -2.20. The second-order valence-corrected chi connectivity index (χ2v) is 7.32. The average molecular weight is 431 g/mol. The highest BCUT2D eigenvalue weighted by Gasteiger charge is 2.22. The SMILES string of the molecule is Cc1cccc(C)c1Nc1c(-c2cc([N+](=O)[O-])ccc2OCC(N)=O)nc2ccccn12. The van der Waals surface area contributed by atoms with Crippen LogP contribution >= 0.6 is 0 Å². The Hall–Kier alpha value is -4.40. The Balaban J connectivity index is 1.95. The van der Waals surface area contributed by atoms with Crippen LogP contribution in [0.25, 0.3) is 16.9 Å². The van der Waals surface area contributed by atoms with E-state index in [1.807, 2.05) is 60.8 Å². The van der Waals surface area contributed by atoms with Crippen LogP contribution in [0.2, 0.25) is 0 Å². The number of fused-ring (bicyclic) bond motifs is 1. The summed E-state index contributed by atoms with van der Waals surface area (Å²) in [4.78, 5) is 26.9. The molecule has 2 aromatic carbocycles. The van der Waals surface area contributed by atoms with Gasteiger partial charge >= 0.3 is 0 Å². The number of pyridine rings is 1. The maximum Gasteiger partial charge on any atom is 0.270 e. The van der Waals surface area contributed by atoms with Crippen LogP contribution in [0, 0.1) is 24.0 Å². The average Bonchev–Trinajstić information content (AvgIpc) is 3.13. The Morgan fingerprint density at radius 1 is 1.16 bits per heavy atom. The number of carbonyl (C=O) groups is 1. The summed E-state index contributed by atoms with van der Waals surface area (Å²) in [5.74, 6) is 0.225. The van der Waals surface area contributed by atoms with Gasteiger partial charge in [-0.3, -0.25) is 19.3 Å². The molecule has 2 aromatic heterocycles. The molecule has 32 heavy (non-hydrogen) atoms. The molecule has 0 aliphatic carbocycles. The van der Waals surface area contributed by atoms with E-state index in [1.54, 1.807) is 0 Å². The Bertz CT molecular complexity index is 1330. The van der Waals surface area contributed by atoms with Crippen LogP contribution in [0.15, 0.2) is 60.8 Å². The summed E-state index contributed by atoms with van der Waals surface area (Å²) >= 11 is 0. The fourth-order valence-electron chi connectivity index (χ4n) is 3.52. The smallest absolute Gasteiger partial charge is 0.270 e. The van der Waals surface area contributed by atoms with E-state index in [0.29, 0.717) is 22.7 Å². The zero-order chi connectivity index (χ0) is 22.8. The van der Waals surface area contributed by atoms with E-state index >= 15 is 0 Å². The number of nitrogens with one attached hydrogen (secondary N) is 1. The summed E-state index contributed by atoms with van der Waals surface area (Å²) in [6.07, 6.45) is 1.85. The number of aryl methyl sites for hydroxylation is 2. The fraction of sp³-hybridized carbons (Fsp3) is 0.130.